The molecule has 1 aliphatic rings. The molecule has 1 aromatic rings. The van der Waals surface area contributed by atoms with Crippen LogP contribution in [0, 0.1) is 0 Å². The number of carbonyl (C=O) groups is 1. The van der Waals surface area contributed by atoms with Gasteiger partial charge in [0.05, 0.1) is 5.56 Å². The molecule has 2 N–H and O–H groups in total. The van der Waals surface area contributed by atoms with E-state index in [-0.39, 0.29) is 5.91 Å². The fraction of sp³-hybridized carbons (Fsp3) is 0.562. The number of amides is 1. The largest absolute Gasteiger partial charge is 0.399 e. The highest BCUT2D eigenvalue weighted by Crippen LogP contribution is 2.24. The number of hydrogen-bond acceptors (Lipinski definition) is 3. The monoisotopic (exact) mass is 353 g/mol. The van der Waals surface area contributed by atoms with Gasteiger partial charge in [0.1, 0.15) is 0 Å². The number of likely N-dealkylation sites (tertiary alicyclic amines) is 1. The number of anilines is 1. The van der Waals surface area contributed by atoms with E-state index in [0.29, 0.717) is 17.3 Å². The number of benzene rings is 1. The molecule has 1 amide bonds. The van der Waals surface area contributed by atoms with Crippen LogP contribution in [-0.2, 0) is 0 Å². The molecule has 0 unspecified atom stereocenters. The quantitative estimate of drug-likeness (QED) is 0.846. The van der Waals surface area contributed by atoms with Crippen molar-refractivity contribution in [1.82, 2.24) is 9.80 Å². The zero-order valence-electron chi connectivity index (χ0n) is 12.8. The Bertz CT molecular complexity index is 494. The molecule has 0 saturated carbocycles. The maximum absolute atomic E-state index is 12.6. The van der Waals surface area contributed by atoms with E-state index in [2.05, 4.69) is 34.7 Å². The van der Waals surface area contributed by atoms with Gasteiger partial charge in [-0.2, -0.15) is 0 Å². The van der Waals surface area contributed by atoms with Crippen molar-refractivity contribution < 1.29 is 4.79 Å². The topological polar surface area (TPSA) is 49.6 Å². The summed E-state index contributed by atoms with van der Waals surface area (Å²) in [6.07, 6.45) is 2.10. The molecule has 0 atom stereocenters. The van der Waals surface area contributed by atoms with Gasteiger partial charge in [-0.15, -0.1) is 0 Å². The zero-order chi connectivity index (χ0) is 15.4. The summed E-state index contributed by atoms with van der Waals surface area (Å²) in [5.74, 6) is 0.0761. The molecule has 5 heteroatoms. The first-order valence-electron chi connectivity index (χ1n) is 7.65. The summed E-state index contributed by atoms with van der Waals surface area (Å²) in [7, 11) is 0. The molecule has 1 fully saturated rings. The number of nitrogen functional groups attached to an aromatic ring is 1. The summed E-state index contributed by atoms with van der Waals surface area (Å²) in [5.41, 5.74) is 7.08. The lowest BCUT2D eigenvalue weighted by Crippen LogP contribution is -2.46. The predicted octanol–water partition coefficient (Wildman–Crippen LogP) is 2.98. The van der Waals surface area contributed by atoms with Crippen LogP contribution in [0.25, 0.3) is 0 Å². The fourth-order valence-corrected chi connectivity index (χ4v) is 3.47. The van der Waals surface area contributed by atoms with Crippen LogP contribution in [0.3, 0.4) is 0 Å². The number of piperidine rings is 1. The van der Waals surface area contributed by atoms with Gasteiger partial charge in [-0.05, 0) is 60.1 Å². The number of carbonyl (C=O) groups excluding carboxylic acids is 1. The smallest absolute Gasteiger partial charge is 0.255 e. The number of rotatable bonds is 4. The van der Waals surface area contributed by atoms with Crippen molar-refractivity contribution in [3.63, 3.8) is 0 Å². The molecule has 0 aromatic heterocycles. The van der Waals surface area contributed by atoms with Crippen molar-refractivity contribution >= 4 is 27.5 Å². The van der Waals surface area contributed by atoms with Crippen LogP contribution in [0.2, 0.25) is 0 Å². The Kier molecular flexibility index (Phi) is 5.65. The summed E-state index contributed by atoms with van der Waals surface area (Å²) in [5, 5.41) is 0. The van der Waals surface area contributed by atoms with Gasteiger partial charge in [0.15, 0.2) is 0 Å². The molecule has 2 rings (SSSR count). The molecule has 4 nitrogen and oxygen atoms in total. The highest BCUT2D eigenvalue weighted by Gasteiger charge is 2.27. The van der Waals surface area contributed by atoms with E-state index < -0.39 is 0 Å². The van der Waals surface area contributed by atoms with Gasteiger partial charge in [0.25, 0.3) is 5.91 Å². The van der Waals surface area contributed by atoms with E-state index in [0.717, 1.165) is 43.5 Å². The van der Waals surface area contributed by atoms with Gasteiger partial charge in [-0.3, -0.25) is 4.79 Å². The first-order chi connectivity index (χ1) is 10.1. The molecule has 1 aliphatic heterocycles. The second kappa shape index (κ2) is 7.27. The minimum Gasteiger partial charge on any atom is -0.399 e. The molecule has 0 aliphatic carbocycles. The highest BCUT2D eigenvalue weighted by molar-refractivity contribution is 9.10. The lowest BCUT2D eigenvalue weighted by Gasteiger charge is -2.37. The van der Waals surface area contributed by atoms with E-state index in [1.165, 1.54) is 0 Å². The van der Waals surface area contributed by atoms with Crippen molar-refractivity contribution in [1.29, 1.82) is 0 Å². The Morgan fingerprint density at radius 2 is 1.95 bits per heavy atom. The van der Waals surface area contributed by atoms with Crippen LogP contribution in [0.1, 0.15) is 37.0 Å². The third-order valence-electron chi connectivity index (χ3n) is 4.30. The fourth-order valence-electron chi connectivity index (χ4n) is 3.05. The Hall–Kier alpha value is -1.07. The van der Waals surface area contributed by atoms with Crippen LogP contribution >= 0.6 is 15.9 Å². The summed E-state index contributed by atoms with van der Waals surface area (Å²) < 4.78 is 0.813. The van der Waals surface area contributed by atoms with Crippen LogP contribution in [0.15, 0.2) is 22.7 Å². The van der Waals surface area contributed by atoms with E-state index in [1.807, 2.05) is 11.0 Å². The molecular formula is C16H24BrN3O. The molecule has 0 bridgehead atoms. The van der Waals surface area contributed by atoms with Gasteiger partial charge in [-0.1, -0.05) is 13.8 Å². The van der Waals surface area contributed by atoms with Crippen molar-refractivity contribution in [3.8, 4) is 0 Å². The first kappa shape index (κ1) is 16.3. The highest BCUT2D eigenvalue weighted by atomic mass is 79.9. The van der Waals surface area contributed by atoms with Gasteiger partial charge in [-0.25, -0.2) is 0 Å². The lowest BCUT2D eigenvalue weighted by atomic mass is 10.0. The van der Waals surface area contributed by atoms with E-state index in [4.69, 9.17) is 5.73 Å². The molecule has 1 heterocycles. The third-order valence-corrected chi connectivity index (χ3v) is 4.99. The normalized spacial score (nSPS) is 16.5. The van der Waals surface area contributed by atoms with Crippen molar-refractivity contribution in [2.45, 2.75) is 32.7 Å². The van der Waals surface area contributed by atoms with Crippen molar-refractivity contribution in [3.05, 3.63) is 28.2 Å². The molecular weight excluding hydrogens is 330 g/mol. The van der Waals surface area contributed by atoms with Crippen LogP contribution in [0.4, 0.5) is 5.69 Å². The molecule has 1 saturated heterocycles. The Morgan fingerprint density at radius 1 is 1.33 bits per heavy atom. The number of nitrogens with two attached hydrogens (primary N) is 1. The Balaban J connectivity index is 2.02. The summed E-state index contributed by atoms with van der Waals surface area (Å²) in [6, 6.07) is 6.00. The summed E-state index contributed by atoms with van der Waals surface area (Å²) >= 11 is 3.44. The minimum absolute atomic E-state index is 0.0761. The maximum Gasteiger partial charge on any atom is 0.255 e. The van der Waals surface area contributed by atoms with Crippen molar-refractivity contribution in [2.24, 2.45) is 0 Å². The van der Waals surface area contributed by atoms with Gasteiger partial charge in [0.2, 0.25) is 0 Å². The lowest BCUT2D eigenvalue weighted by molar-refractivity contribution is 0.0630. The number of nitrogens with zero attached hydrogens (tertiary/aromatic N) is 2. The second-order valence-electron chi connectivity index (χ2n) is 5.48. The standard InChI is InChI=1S/C16H24BrN3O/c1-3-19(4-2)13-7-9-20(10-8-13)16(21)14-11-12(18)5-6-15(14)17/h5-6,11,13H,3-4,7-10,18H2,1-2H3. The first-order valence-corrected chi connectivity index (χ1v) is 8.44. The minimum atomic E-state index is 0.0761. The van der Waals surface area contributed by atoms with E-state index in [1.54, 1.807) is 12.1 Å². The molecule has 0 radical (unpaired) electrons. The van der Waals surface area contributed by atoms with Gasteiger partial charge in [0, 0.05) is 29.3 Å². The van der Waals surface area contributed by atoms with Crippen LogP contribution < -0.4 is 5.73 Å². The summed E-state index contributed by atoms with van der Waals surface area (Å²) in [4.78, 5) is 17.0. The van der Waals surface area contributed by atoms with Gasteiger partial charge >= 0.3 is 0 Å². The van der Waals surface area contributed by atoms with E-state index >= 15 is 0 Å². The van der Waals surface area contributed by atoms with Crippen LogP contribution in [-0.4, -0.2) is 47.9 Å². The van der Waals surface area contributed by atoms with Crippen LogP contribution in [0.5, 0.6) is 0 Å². The maximum atomic E-state index is 12.6. The SMILES string of the molecule is CCN(CC)C1CCN(C(=O)c2cc(N)ccc2Br)CC1. The Labute approximate surface area is 135 Å². The molecule has 21 heavy (non-hydrogen) atoms. The molecule has 1 aromatic carbocycles. The Morgan fingerprint density at radius 3 is 2.52 bits per heavy atom. The predicted molar refractivity (Wildman–Crippen MR) is 90.4 cm³/mol. The average Bonchev–Trinajstić information content (AvgIpc) is 2.51. The molecule has 0 spiro atoms. The summed E-state index contributed by atoms with van der Waals surface area (Å²) in [6.45, 7) is 8.20. The molecule has 116 valence electrons. The number of halogens is 1. The number of hydrogen-bond donors (Lipinski definition) is 1. The average molecular weight is 354 g/mol. The van der Waals surface area contributed by atoms with Crippen molar-refractivity contribution in [2.75, 3.05) is 31.9 Å². The van der Waals surface area contributed by atoms with E-state index in [9.17, 15) is 4.79 Å². The third kappa shape index (κ3) is 3.77. The second-order valence-corrected chi connectivity index (χ2v) is 6.34. The zero-order valence-corrected chi connectivity index (χ0v) is 14.4. The van der Waals surface area contributed by atoms with Gasteiger partial charge < -0.3 is 15.5 Å².